The van der Waals surface area contributed by atoms with Crippen molar-refractivity contribution in [3.63, 3.8) is 0 Å². The van der Waals surface area contributed by atoms with E-state index in [1.165, 1.54) is 6.07 Å². The molecule has 0 amide bonds. The number of benzene rings is 1. The van der Waals surface area contributed by atoms with Gasteiger partial charge in [0.25, 0.3) is 0 Å². The van der Waals surface area contributed by atoms with Gasteiger partial charge in [0.2, 0.25) is 0 Å². The van der Waals surface area contributed by atoms with E-state index in [4.69, 9.17) is 4.42 Å². The number of aromatic nitrogens is 1. The maximum atomic E-state index is 12.6. The Hall–Kier alpha value is -2.66. The van der Waals surface area contributed by atoms with E-state index >= 15 is 0 Å². The number of pyridine rings is 1. The van der Waals surface area contributed by atoms with Crippen LogP contribution in [0.25, 0.3) is 22.4 Å². The van der Waals surface area contributed by atoms with Crippen LogP contribution in [-0.4, -0.2) is 30.2 Å². The molecule has 2 unspecified atom stereocenters. The summed E-state index contributed by atoms with van der Waals surface area (Å²) in [4.78, 5) is 19.2. The smallest absolute Gasteiger partial charge is 0.193 e. The zero-order chi connectivity index (χ0) is 17.4. The monoisotopic (exact) mass is 335 g/mol. The van der Waals surface area contributed by atoms with Crippen molar-refractivity contribution in [1.29, 1.82) is 0 Å². The Morgan fingerprint density at radius 2 is 1.92 bits per heavy atom. The van der Waals surface area contributed by atoms with Gasteiger partial charge < -0.3 is 14.6 Å². The largest absolute Gasteiger partial charge is 0.454 e. The molecule has 1 saturated heterocycles. The Labute approximate surface area is 146 Å². The van der Waals surface area contributed by atoms with Crippen LogP contribution < -0.4 is 15.6 Å². The molecule has 1 fully saturated rings. The molecule has 0 saturated carbocycles. The summed E-state index contributed by atoms with van der Waals surface area (Å²) < 4.78 is 5.92. The van der Waals surface area contributed by atoms with Crippen LogP contribution in [0.4, 0.5) is 5.69 Å². The van der Waals surface area contributed by atoms with E-state index in [0.717, 1.165) is 18.8 Å². The summed E-state index contributed by atoms with van der Waals surface area (Å²) in [6.07, 6.45) is 1.69. The molecule has 25 heavy (non-hydrogen) atoms. The van der Waals surface area contributed by atoms with Crippen molar-refractivity contribution in [3.05, 3.63) is 58.9 Å². The van der Waals surface area contributed by atoms with E-state index in [1.54, 1.807) is 6.20 Å². The SMILES string of the molecule is CC1CN(c2ccc3oc(-c4ccccn4)cc(=O)c3c2)CC(C)N1. The molecule has 128 valence electrons. The van der Waals surface area contributed by atoms with Crippen LogP contribution in [0.15, 0.2) is 57.9 Å². The number of nitrogens with one attached hydrogen (secondary N) is 1. The number of hydrogen-bond donors (Lipinski definition) is 1. The highest BCUT2D eigenvalue weighted by atomic mass is 16.3. The molecule has 0 bridgehead atoms. The molecule has 3 heterocycles. The number of piperazine rings is 1. The van der Waals surface area contributed by atoms with E-state index in [1.807, 2.05) is 36.4 Å². The average Bonchev–Trinajstić information content (AvgIpc) is 2.61. The van der Waals surface area contributed by atoms with Crippen molar-refractivity contribution in [1.82, 2.24) is 10.3 Å². The Balaban J connectivity index is 1.74. The lowest BCUT2D eigenvalue weighted by atomic mass is 10.1. The highest BCUT2D eigenvalue weighted by Crippen LogP contribution is 2.25. The first-order chi connectivity index (χ1) is 12.1. The minimum Gasteiger partial charge on any atom is -0.454 e. The van der Waals surface area contributed by atoms with Crippen molar-refractivity contribution in [2.75, 3.05) is 18.0 Å². The molecular weight excluding hydrogens is 314 g/mol. The fraction of sp³-hybridized carbons (Fsp3) is 0.300. The molecule has 5 heteroatoms. The summed E-state index contributed by atoms with van der Waals surface area (Å²) in [5.41, 5.74) is 2.27. The van der Waals surface area contributed by atoms with Crippen molar-refractivity contribution in [2.24, 2.45) is 0 Å². The normalized spacial score (nSPS) is 20.8. The van der Waals surface area contributed by atoms with E-state index in [0.29, 0.717) is 34.5 Å². The molecule has 1 aliphatic rings. The van der Waals surface area contributed by atoms with Gasteiger partial charge in [0, 0.05) is 43.1 Å². The third kappa shape index (κ3) is 3.15. The van der Waals surface area contributed by atoms with Gasteiger partial charge in [0.15, 0.2) is 11.2 Å². The van der Waals surface area contributed by atoms with E-state index in [9.17, 15) is 4.79 Å². The second kappa shape index (κ2) is 6.33. The maximum absolute atomic E-state index is 12.6. The zero-order valence-electron chi connectivity index (χ0n) is 14.4. The lowest BCUT2D eigenvalue weighted by Crippen LogP contribution is -2.54. The number of rotatable bonds is 2. The van der Waals surface area contributed by atoms with Gasteiger partial charge in [-0.15, -0.1) is 0 Å². The highest BCUT2D eigenvalue weighted by Gasteiger charge is 2.21. The van der Waals surface area contributed by atoms with E-state index in [2.05, 4.69) is 29.0 Å². The molecule has 3 aromatic rings. The van der Waals surface area contributed by atoms with Crippen molar-refractivity contribution in [3.8, 4) is 11.5 Å². The molecule has 4 rings (SSSR count). The molecule has 0 aliphatic carbocycles. The fourth-order valence-corrected chi connectivity index (χ4v) is 3.51. The molecule has 1 aromatic carbocycles. The number of nitrogens with zero attached hydrogens (tertiary/aromatic N) is 2. The van der Waals surface area contributed by atoms with Crippen LogP contribution in [0, 0.1) is 0 Å². The quantitative estimate of drug-likeness (QED) is 0.780. The number of fused-ring (bicyclic) bond motifs is 1. The first-order valence-corrected chi connectivity index (χ1v) is 8.60. The van der Waals surface area contributed by atoms with Gasteiger partial charge in [-0.05, 0) is 44.2 Å². The minimum absolute atomic E-state index is 0.0417. The first kappa shape index (κ1) is 15.8. The fourth-order valence-electron chi connectivity index (χ4n) is 3.51. The number of anilines is 1. The van der Waals surface area contributed by atoms with Crippen LogP contribution in [0.2, 0.25) is 0 Å². The summed E-state index contributed by atoms with van der Waals surface area (Å²) >= 11 is 0. The molecule has 2 aromatic heterocycles. The topological polar surface area (TPSA) is 58.4 Å². The predicted molar refractivity (Wildman–Crippen MR) is 100.0 cm³/mol. The van der Waals surface area contributed by atoms with Gasteiger partial charge in [-0.1, -0.05) is 6.07 Å². The van der Waals surface area contributed by atoms with Gasteiger partial charge in [-0.3, -0.25) is 9.78 Å². The van der Waals surface area contributed by atoms with Gasteiger partial charge in [-0.25, -0.2) is 0 Å². The lowest BCUT2D eigenvalue weighted by molar-refractivity contribution is 0.407. The van der Waals surface area contributed by atoms with Gasteiger partial charge in [0.05, 0.1) is 5.39 Å². The minimum atomic E-state index is -0.0417. The van der Waals surface area contributed by atoms with Crippen LogP contribution in [0.3, 0.4) is 0 Å². The van der Waals surface area contributed by atoms with Gasteiger partial charge in [-0.2, -0.15) is 0 Å². The zero-order valence-corrected chi connectivity index (χ0v) is 14.4. The molecule has 2 atom stereocenters. The second-order valence-electron chi connectivity index (χ2n) is 6.74. The van der Waals surface area contributed by atoms with Crippen LogP contribution in [0.1, 0.15) is 13.8 Å². The van der Waals surface area contributed by atoms with Crippen molar-refractivity contribution >= 4 is 16.7 Å². The Morgan fingerprint density at radius 1 is 1.12 bits per heavy atom. The number of hydrogen-bond acceptors (Lipinski definition) is 5. The maximum Gasteiger partial charge on any atom is 0.193 e. The average molecular weight is 335 g/mol. The Kier molecular flexibility index (Phi) is 4.01. The van der Waals surface area contributed by atoms with E-state index in [-0.39, 0.29) is 5.43 Å². The third-order valence-corrected chi connectivity index (χ3v) is 4.55. The Morgan fingerprint density at radius 3 is 2.64 bits per heavy atom. The Bertz CT molecular complexity index is 942. The molecule has 5 nitrogen and oxygen atoms in total. The summed E-state index contributed by atoms with van der Waals surface area (Å²) in [5, 5.41) is 4.13. The summed E-state index contributed by atoms with van der Waals surface area (Å²) in [6, 6.07) is 13.8. The van der Waals surface area contributed by atoms with Crippen LogP contribution in [0.5, 0.6) is 0 Å². The summed E-state index contributed by atoms with van der Waals surface area (Å²) in [5.74, 6) is 0.496. The molecule has 1 N–H and O–H groups in total. The lowest BCUT2D eigenvalue weighted by Gasteiger charge is -2.37. The summed E-state index contributed by atoms with van der Waals surface area (Å²) in [7, 11) is 0. The van der Waals surface area contributed by atoms with Crippen molar-refractivity contribution < 1.29 is 4.42 Å². The highest BCUT2D eigenvalue weighted by molar-refractivity contribution is 5.82. The standard InChI is InChI=1S/C20H21N3O2/c1-13-11-23(12-14(2)22-13)15-6-7-19-16(9-15)18(24)10-20(25-19)17-5-3-4-8-21-17/h3-10,13-14,22H,11-12H2,1-2H3. The molecule has 1 aliphatic heterocycles. The predicted octanol–water partition coefficient (Wildman–Crippen LogP) is 3.04. The molecule has 0 spiro atoms. The van der Waals surface area contributed by atoms with Gasteiger partial charge in [0.1, 0.15) is 11.3 Å². The van der Waals surface area contributed by atoms with Crippen LogP contribution in [-0.2, 0) is 0 Å². The molecular formula is C20H21N3O2. The van der Waals surface area contributed by atoms with E-state index < -0.39 is 0 Å². The van der Waals surface area contributed by atoms with Crippen LogP contribution >= 0.6 is 0 Å². The third-order valence-electron chi connectivity index (χ3n) is 4.55. The second-order valence-corrected chi connectivity index (χ2v) is 6.74. The molecule has 0 radical (unpaired) electrons. The summed E-state index contributed by atoms with van der Waals surface area (Å²) in [6.45, 7) is 6.20. The van der Waals surface area contributed by atoms with Gasteiger partial charge >= 0.3 is 0 Å². The first-order valence-electron chi connectivity index (χ1n) is 8.60. The van der Waals surface area contributed by atoms with Crippen molar-refractivity contribution in [2.45, 2.75) is 25.9 Å².